The summed E-state index contributed by atoms with van der Waals surface area (Å²) in [4.78, 5) is 53.9. The second-order valence-electron chi connectivity index (χ2n) is 41.0. The van der Waals surface area contributed by atoms with Crippen molar-refractivity contribution in [2.75, 3.05) is 54.9 Å². The molecule has 4 N–H and O–H groups in total. The van der Waals surface area contributed by atoms with Gasteiger partial charge in [-0.1, -0.05) is 154 Å². The fraction of sp³-hybridized carbons (Fsp3) is 0.774. The zero-order chi connectivity index (χ0) is 98.2. The average Bonchev–Trinajstić information content (AvgIpc) is 1.56. The maximum atomic E-state index is 14.4. The van der Waals surface area contributed by atoms with E-state index in [2.05, 4.69) is 86.6 Å². The second-order valence-corrected chi connectivity index (χ2v) is 41.0. The van der Waals surface area contributed by atoms with Crippen molar-refractivity contribution < 1.29 is 144 Å². The molecule has 0 aromatic rings. The van der Waals surface area contributed by atoms with Gasteiger partial charge in [0.2, 0.25) is 0 Å². The second kappa shape index (κ2) is 47.3. The molecule has 12 aliphatic heterocycles. The number of aliphatic hydroxyl groups is 4. The normalized spacial score (nSPS) is 45.8. The standard InChI is InChI=1S/C54H82O15.C52H78O15/c1-12-14-22-61-44(55)25-40-35(8)63-45(26-42(40)59-10)67-50-36(9)64-46(27-43(50)60-11)66-48-31(4)16-15-17-37-29-62-51-47(56)34(7)23-41(54(37,51)58)52(57)65-39-24-38(19-18-32(48)5)68-53(28-39)21-20-33(6)49(69-53)30(3)13-2;1-12-28(3)47-31(6)19-20-51(67-47)26-37-22-36(66-51)18-17-30(5)46(29(4)15-14-16-35-27-60-49-45(54)32(7)21-39(50(55)63-37)52(35,49)56)64-44-25-41(58-11)48(34(9)62-44)65-43-24-40(57-10)38(33(8)61-43)23-42(53)59-13-2/h15-18,20-21,23,30-31,33,35-36,38-43,45-51,56,58H,12-14,19,22,24-29H2,1-11H3;14-17,19-21,28-29,31,33-34,36-41,43-49,54,56H,12-13,18,22-27H2,1-11H3/b16-15+,32-18+,37-17+;15-14+,30-17+,35-16+/t30-,31-,33-,35-,36-,38+,39?,40+,41-,42-,43-,45-,46-,47+,48-,49+,50-,51+,53+,54+;28-,29-,31-,33-,34-,36+,37-,38+,39-,40-,41-,43-,44-,45+,46?,47+,48?,49+,51+,52+/m00/s1. The highest BCUT2D eigenvalue weighted by atomic mass is 16.8. The summed E-state index contributed by atoms with van der Waals surface area (Å²) in [5, 5.41) is 47.6. The quantitative estimate of drug-likeness (QED) is 0.0302. The molecule has 0 radical (unpaired) electrons. The molecule has 30 nitrogen and oxygen atoms in total. The first-order chi connectivity index (χ1) is 64.9. The zero-order valence-electron chi connectivity index (χ0n) is 84.4. The maximum Gasteiger partial charge on any atom is 0.316 e. The van der Waals surface area contributed by atoms with Crippen LogP contribution in [0.2, 0.25) is 0 Å². The number of aliphatic hydroxyl groups excluding tert-OH is 2. The Kier molecular flexibility index (Phi) is 37.4. The molecule has 8 fully saturated rings. The minimum absolute atomic E-state index is 0.0253. The summed E-state index contributed by atoms with van der Waals surface area (Å²) in [6.45, 7) is 37.0. The highest BCUT2D eigenvalue weighted by Crippen LogP contribution is 2.52. The minimum atomic E-state index is -1.85. The minimum Gasteiger partial charge on any atom is -0.466 e. The number of unbranched alkanes of at least 4 members (excludes halogenated alkanes) is 1. The van der Waals surface area contributed by atoms with Crippen LogP contribution >= 0.6 is 0 Å². The Bertz CT molecular complexity index is 4320. The number of ether oxygens (including phenoxy) is 22. The van der Waals surface area contributed by atoms with Crippen LogP contribution in [0.25, 0.3) is 0 Å². The summed E-state index contributed by atoms with van der Waals surface area (Å²) in [6.07, 6.45) is 21.2. The van der Waals surface area contributed by atoms with Crippen molar-refractivity contribution in [3.63, 3.8) is 0 Å². The molecule has 3 unspecified atom stereocenters. The first kappa shape index (κ1) is 108. The van der Waals surface area contributed by atoms with Crippen molar-refractivity contribution in [3.8, 4) is 0 Å². The lowest BCUT2D eigenvalue weighted by atomic mass is 9.71. The van der Waals surface area contributed by atoms with Crippen LogP contribution in [-0.2, 0) is 123 Å². The van der Waals surface area contributed by atoms with Crippen molar-refractivity contribution in [3.05, 3.63) is 119 Å². The number of hydrogen-bond donors (Lipinski definition) is 4. The van der Waals surface area contributed by atoms with Crippen LogP contribution in [0.3, 0.4) is 0 Å². The average molecular weight is 1910 g/mol. The van der Waals surface area contributed by atoms with Gasteiger partial charge in [-0.05, 0) is 139 Å². The van der Waals surface area contributed by atoms with E-state index >= 15 is 0 Å². The van der Waals surface area contributed by atoms with Gasteiger partial charge in [-0.15, -0.1) is 0 Å². The Morgan fingerprint density at radius 1 is 0.471 bits per heavy atom. The van der Waals surface area contributed by atoms with E-state index in [-0.39, 0.29) is 135 Å². The van der Waals surface area contributed by atoms with E-state index < -0.39 is 169 Å². The van der Waals surface area contributed by atoms with Crippen LogP contribution in [-0.4, -0.2) is 281 Å². The monoisotopic (exact) mass is 1910 g/mol. The third kappa shape index (κ3) is 24.4. The van der Waals surface area contributed by atoms with Crippen LogP contribution in [0.4, 0.5) is 0 Å². The molecule has 0 amide bonds. The van der Waals surface area contributed by atoms with Gasteiger partial charge in [0.25, 0.3) is 0 Å². The molecule has 764 valence electrons. The fourth-order valence-corrected chi connectivity index (χ4v) is 22.9. The largest absolute Gasteiger partial charge is 0.466 e. The number of rotatable bonds is 24. The predicted octanol–water partition coefficient (Wildman–Crippen LogP) is 14.0. The maximum absolute atomic E-state index is 14.4. The zero-order valence-corrected chi connectivity index (χ0v) is 84.4. The number of esters is 4. The third-order valence-electron chi connectivity index (χ3n) is 31.3. The highest BCUT2D eigenvalue weighted by Gasteiger charge is 2.63. The molecule has 136 heavy (non-hydrogen) atoms. The molecule has 14 aliphatic rings. The SMILES string of the molecule is CCCCOC(=O)C[C@@H]1[C@H](C)O[C@@H](O[C@H]2[C@H](C)O[C@@H](O[C@@H]3/C(C)=C/C[C@@H]4CC(C[C@]5(C=C[C@H](C)[C@@H]([C@@H](C)CC)O5)O4)OC(=O)[C@@H]4C=C(C)[C@@H](O)[C@H]5OC/C(=C\C=C\[C@@H]3C)[C@]54O)C[C@@H]2OC)C[C@@H]1OC.CCOC(=O)C[C@@H]1[C@H](C)O[C@@H](OC2[C@H](C)O[C@@H](OC3/C(C)=C/C[C@@H]4C[C@@H](C[C@]5(C=C[C@H](C)[C@@H]([C@@H](C)CC)O5)O4)OC(=O)[C@@H]4C=C(C)[C@@H](O)[C@H]5OC/C(=C\C=C\[C@@H]3C)[C@]54O)C[C@@H]2OC)C[C@@H]1OC. The summed E-state index contributed by atoms with van der Waals surface area (Å²) in [5.74, 6) is -6.13. The Morgan fingerprint density at radius 2 is 0.853 bits per heavy atom. The van der Waals surface area contributed by atoms with Gasteiger partial charge in [0.05, 0.1) is 125 Å². The first-order valence-electron chi connectivity index (χ1n) is 50.5. The molecule has 40 atom stereocenters. The Hall–Kier alpha value is -5.60. The summed E-state index contributed by atoms with van der Waals surface area (Å²) in [6, 6.07) is 0. The molecule has 0 saturated carbocycles. The van der Waals surface area contributed by atoms with Gasteiger partial charge >= 0.3 is 23.9 Å². The van der Waals surface area contributed by atoms with Gasteiger partial charge in [-0.3, -0.25) is 19.2 Å². The number of methoxy groups -OCH3 is 4. The molecular weight excluding hydrogens is 1750 g/mol. The molecule has 2 aliphatic carbocycles. The van der Waals surface area contributed by atoms with Gasteiger partial charge in [-0.25, -0.2) is 0 Å². The molecule has 30 heteroatoms. The highest BCUT2D eigenvalue weighted by molar-refractivity contribution is 5.79. The predicted molar refractivity (Wildman–Crippen MR) is 501 cm³/mol. The van der Waals surface area contributed by atoms with Gasteiger partial charge < -0.3 is 125 Å². The van der Waals surface area contributed by atoms with E-state index in [1.807, 2.05) is 78.0 Å². The molecule has 2 spiro atoms. The van der Waals surface area contributed by atoms with E-state index in [9.17, 15) is 39.6 Å². The van der Waals surface area contributed by atoms with E-state index in [1.165, 1.54) is 0 Å². The van der Waals surface area contributed by atoms with Crippen molar-refractivity contribution >= 4 is 23.9 Å². The topological polar surface area (TPSA) is 352 Å². The molecule has 0 aromatic carbocycles. The first-order valence-corrected chi connectivity index (χ1v) is 50.5. The molecule has 12 heterocycles. The van der Waals surface area contributed by atoms with Gasteiger partial charge in [0, 0.05) is 115 Å². The summed E-state index contributed by atoms with van der Waals surface area (Å²) in [5.41, 5.74) is 0.223. The third-order valence-corrected chi connectivity index (χ3v) is 31.3. The van der Waals surface area contributed by atoms with Gasteiger partial charge in [-0.2, -0.15) is 0 Å². The van der Waals surface area contributed by atoms with E-state index in [0.717, 1.165) is 36.8 Å². The number of carbonyl (C=O) groups is 4. The van der Waals surface area contributed by atoms with Crippen molar-refractivity contribution in [2.24, 2.45) is 59.2 Å². The molecule has 8 saturated heterocycles. The Balaban J connectivity index is 0.000000230. The molecule has 14 rings (SSSR count). The van der Waals surface area contributed by atoms with Crippen LogP contribution in [0.5, 0.6) is 0 Å². The Morgan fingerprint density at radius 3 is 1.24 bits per heavy atom. The fourth-order valence-electron chi connectivity index (χ4n) is 22.9. The van der Waals surface area contributed by atoms with Gasteiger partial charge in [0.1, 0.15) is 71.9 Å². The number of allylic oxidation sites excluding steroid dienone is 4. The lowest BCUT2D eigenvalue weighted by molar-refractivity contribution is -0.315. The number of carbonyl (C=O) groups excluding carboxylic acids is 4. The van der Waals surface area contributed by atoms with Crippen molar-refractivity contribution in [1.29, 1.82) is 0 Å². The van der Waals surface area contributed by atoms with Crippen molar-refractivity contribution in [2.45, 2.75) is 410 Å². The lowest BCUT2D eigenvalue weighted by Crippen LogP contribution is -2.58. The van der Waals surface area contributed by atoms with Crippen LogP contribution in [0, 0.1) is 59.2 Å². The van der Waals surface area contributed by atoms with E-state index in [0.29, 0.717) is 86.9 Å². The Labute approximate surface area is 805 Å². The van der Waals surface area contributed by atoms with Crippen LogP contribution in [0.15, 0.2) is 119 Å². The molecule has 4 bridgehead atoms. The number of fused-ring (bicyclic) bond motifs is 4. The summed E-state index contributed by atoms with van der Waals surface area (Å²) in [7, 11) is 6.59. The van der Waals surface area contributed by atoms with E-state index in [1.54, 1.807) is 73.5 Å². The van der Waals surface area contributed by atoms with Crippen LogP contribution in [0.1, 0.15) is 227 Å². The molecular formula is C106H160O30. The van der Waals surface area contributed by atoms with Gasteiger partial charge in [0.15, 0.2) is 36.7 Å². The van der Waals surface area contributed by atoms with Crippen LogP contribution < -0.4 is 0 Å². The van der Waals surface area contributed by atoms with Crippen molar-refractivity contribution in [1.82, 2.24) is 0 Å². The summed E-state index contributed by atoms with van der Waals surface area (Å²) >= 11 is 0. The lowest BCUT2D eigenvalue weighted by Gasteiger charge is -2.48. The molecule has 0 aromatic heterocycles. The summed E-state index contributed by atoms with van der Waals surface area (Å²) < 4.78 is 140. The number of hydrogen-bond acceptors (Lipinski definition) is 30. The smallest absolute Gasteiger partial charge is 0.316 e. The van der Waals surface area contributed by atoms with E-state index in [4.69, 9.17) is 104 Å².